The molecular weight excluding hydrogens is 472 g/mol. The Bertz CT molecular complexity index is 1230. The Hall–Kier alpha value is -4.07. The number of anilines is 3. The smallest absolute Gasteiger partial charge is 0.403 e. The first-order valence-electron chi connectivity index (χ1n) is 10.4. The van der Waals surface area contributed by atoms with Gasteiger partial charge in [0.1, 0.15) is 17.6 Å². The normalized spacial score (nSPS) is 18.3. The van der Waals surface area contributed by atoms with Crippen molar-refractivity contribution in [2.45, 2.75) is 25.0 Å². The summed E-state index contributed by atoms with van der Waals surface area (Å²) in [6.07, 6.45) is -2.07. The Balaban J connectivity index is 1.62. The number of carbonyl (C=O) groups is 1. The van der Waals surface area contributed by atoms with Crippen LogP contribution in [0.15, 0.2) is 42.9 Å². The van der Waals surface area contributed by atoms with Crippen LogP contribution >= 0.6 is 0 Å². The molecule has 1 amide bonds. The van der Waals surface area contributed by atoms with Gasteiger partial charge in [0.25, 0.3) is 5.91 Å². The number of pyridine rings is 2. The SMILES string of the molecule is Nc1ncc(-c2ncccc2OC(F)(F)F)nc1C(=O)Nc1ncccc1N1CCC(N)C(F)C1. The van der Waals surface area contributed by atoms with Crippen molar-refractivity contribution in [3.63, 3.8) is 0 Å². The maximum Gasteiger partial charge on any atom is 0.573 e. The second-order valence-corrected chi connectivity index (χ2v) is 7.63. The molecule has 3 aromatic heterocycles. The number of alkyl halides is 4. The molecule has 0 radical (unpaired) electrons. The van der Waals surface area contributed by atoms with E-state index in [4.69, 9.17) is 11.5 Å². The molecule has 2 atom stereocenters. The van der Waals surface area contributed by atoms with Crippen LogP contribution in [0.5, 0.6) is 5.75 Å². The first-order valence-corrected chi connectivity index (χ1v) is 10.4. The van der Waals surface area contributed by atoms with E-state index in [9.17, 15) is 22.4 Å². The monoisotopic (exact) mass is 492 g/mol. The predicted molar refractivity (Wildman–Crippen MR) is 118 cm³/mol. The molecule has 1 fully saturated rings. The van der Waals surface area contributed by atoms with E-state index in [0.29, 0.717) is 18.7 Å². The number of nitrogen functional groups attached to an aromatic ring is 1. The largest absolute Gasteiger partial charge is 0.573 e. The van der Waals surface area contributed by atoms with E-state index in [1.165, 1.54) is 18.5 Å². The number of hydrogen-bond donors (Lipinski definition) is 3. The first-order chi connectivity index (χ1) is 16.6. The topological polar surface area (TPSA) is 145 Å². The van der Waals surface area contributed by atoms with Crippen LogP contribution in [0.4, 0.5) is 34.9 Å². The maximum absolute atomic E-state index is 14.2. The summed E-state index contributed by atoms with van der Waals surface area (Å²) in [7, 11) is 0. The summed E-state index contributed by atoms with van der Waals surface area (Å²) in [4.78, 5) is 30.7. The van der Waals surface area contributed by atoms with Crippen molar-refractivity contribution < 1.29 is 27.1 Å². The molecule has 1 aliphatic rings. The second kappa shape index (κ2) is 9.66. The lowest BCUT2D eigenvalue weighted by Gasteiger charge is -2.35. The summed E-state index contributed by atoms with van der Waals surface area (Å²) < 4.78 is 56.5. The minimum Gasteiger partial charge on any atom is -0.403 e. The van der Waals surface area contributed by atoms with E-state index in [1.807, 2.05) is 0 Å². The number of rotatable bonds is 5. The van der Waals surface area contributed by atoms with Crippen LogP contribution in [-0.2, 0) is 0 Å². The highest BCUT2D eigenvalue weighted by atomic mass is 19.4. The zero-order valence-corrected chi connectivity index (χ0v) is 18.0. The number of amides is 1. The van der Waals surface area contributed by atoms with Gasteiger partial charge in [-0.25, -0.2) is 19.3 Å². The number of nitrogens with zero attached hydrogens (tertiary/aromatic N) is 5. The second-order valence-electron chi connectivity index (χ2n) is 7.63. The molecule has 0 aromatic carbocycles. The molecular formula is C21H20F4N8O2. The van der Waals surface area contributed by atoms with Gasteiger partial charge >= 0.3 is 6.36 Å². The van der Waals surface area contributed by atoms with Crippen molar-refractivity contribution in [3.05, 3.63) is 48.5 Å². The van der Waals surface area contributed by atoms with Crippen LogP contribution in [0.25, 0.3) is 11.4 Å². The van der Waals surface area contributed by atoms with Crippen molar-refractivity contribution in [2.24, 2.45) is 5.73 Å². The number of ether oxygens (including phenoxy) is 1. The van der Waals surface area contributed by atoms with Crippen molar-refractivity contribution in [2.75, 3.05) is 29.0 Å². The fraction of sp³-hybridized carbons (Fsp3) is 0.286. The molecule has 10 nitrogen and oxygen atoms in total. The van der Waals surface area contributed by atoms with Gasteiger partial charge in [0, 0.05) is 25.0 Å². The number of piperidine rings is 1. The highest BCUT2D eigenvalue weighted by Crippen LogP contribution is 2.32. The van der Waals surface area contributed by atoms with Crippen LogP contribution in [0.3, 0.4) is 0 Å². The summed E-state index contributed by atoms with van der Waals surface area (Å²) in [5.41, 5.74) is 11.2. The third-order valence-corrected chi connectivity index (χ3v) is 5.21. The van der Waals surface area contributed by atoms with E-state index < -0.39 is 30.2 Å². The molecule has 14 heteroatoms. The van der Waals surface area contributed by atoms with E-state index >= 15 is 0 Å². The Morgan fingerprint density at radius 3 is 2.66 bits per heavy atom. The molecule has 0 saturated carbocycles. The summed E-state index contributed by atoms with van der Waals surface area (Å²) in [6, 6.07) is 5.02. The van der Waals surface area contributed by atoms with Crippen LogP contribution in [0, 0.1) is 0 Å². The predicted octanol–water partition coefficient (Wildman–Crippen LogP) is 2.54. The number of hydrogen-bond acceptors (Lipinski definition) is 9. The van der Waals surface area contributed by atoms with Gasteiger partial charge in [-0.2, -0.15) is 0 Å². The summed E-state index contributed by atoms with van der Waals surface area (Å²) in [5, 5.41) is 2.56. The molecule has 0 spiro atoms. The van der Waals surface area contributed by atoms with Gasteiger partial charge in [-0.05, 0) is 30.7 Å². The first kappa shape index (κ1) is 24.1. The van der Waals surface area contributed by atoms with Crippen LogP contribution in [-0.4, -0.2) is 57.5 Å². The Morgan fingerprint density at radius 1 is 1.17 bits per heavy atom. The third-order valence-electron chi connectivity index (χ3n) is 5.21. The molecule has 184 valence electrons. The third kappa shape index (κ3) is 5.54. The fourth-order valence-corrected chi connectivity index (χ4v) is 3.53. The fourth-order valence-electron chi connectivity index (χ4n) is 3.53. The van der Waals surface area contributed by atoms with Gasteiger partial charge in [-0.15, -0.1) is 13.2 Å². The Morgan fingerprint density at radius 2 is 1.91 bits per heavy atom. The highest BCUT2D eigenvalue weighted by Gasteiger charge is 2.33. The number of halogens is 4. The van der Waals surface area contributed by atoms with Crippen LogP contribution < -0.4 is 26.4 Å². The maximum atomic E-state index is 14.2. The zero-order valence-electron chi connectivity index (χ0n) is 18.0. The van der Waals surface area contributed by atoms with Gasteiger partial charge in [0.05, 0.1) is 18.4 Å². The standard InChI is InChI=1S/C21H20F4N8O2/c22-11-10-33(8-5-12(11)26)14-3-1-7-29-19(14)32-20(34)17-18(27)30-9-13(31-17)16-15(4-2-6-28-16)35-21(23,24)25/h1-4,6-7,9,11-12H,5,8,10,26H2,(H2,27,30)(H,29,32,34). The minimum atomic E-state index is -4.97. The van der Waals surface area contributed by atoms with E-state index in [2.05, 4.69) is 30.0 Å². The number of nitrogens with one attached hydrogen (secondary N) is 1. The summed E-state index contributed by atoms with van der Waals surface area (Å²) >= 11 is 0. The Labute approximate surface area is 196 Å². The van der Waals surface area contributed by atoms with E-state index in [1.54, 1.807) is 17.0 Å². The number of nitrogens with two attached hydrogens (primary N) is 2. The lowest BCUT2D eigenvalue weighted by Crippen LogP contribution is -2.48. The van der Waals surface area contributed by atoms with E-state index in [0.717, 1.165) is 12.3 Å². The Kier molecular flexibility index (Phi) is 6.64. The van der Waals surface area contributed by atoms with Gasteiger partial charge < -0.3 is 26.4 Å². The minimum absolute atomic E-state index is 0.0226. The van der Waals surface area contributed by atoms with Crippen LogP contribution in [0.2, 0.25) is 0 Å². The quantitative estimate of drug-likeness (QED) is 0.458. The van der Waals surface area contributed by atoms with Crippen molar-refractivity contribution in [3.8, 4) is 17.1 Å². The highest BCUT2D eigenvalue weighted by molar-refractivity contribution is 6.06. The molecule has 0 bridgehead atoms. The van der Waals surface area contributed by atoms with Gasteiger partial charge in [0.15, 0.2) is 23.1 Å². The molecule has 0 aliphatic carbocycles. The van der Waals surface area contributed by atoms with Gasteiger partial charge in [-0.1, -0.05) is 0 Å². The molecule has 3 aromatic rings. The van der Waals surface area contributed by atoms with Crippen molar-refractivity contribution in [1.82, 2.24) is 19.9 Å². The lowest BCUT2D eigenvalue weighted by atomic mass is 10.0. The van der Waals surface area contributed by atoms with Crippen LogP contribution in [0.1, 0.15) is 16.9 Å². The molecule has 2 unspecified atom stereocenters. The molecule has 4 heterocycles. The molecule has 4 rings (SSSR count). The van der Waals surface area contributed by atoms with E-state index in [-0.39, 0.29) is 35.3 Å². The average molecular weight is 492 g/mol. The number of carbonyl (C=O) groups excluding carboxylic acids is 1. The lowest BCUT2D eigenvalue weighted by molar-refractivity contribution is -0.274. The zero-order chi connectivity index (χ0) is 25.2. The number of aromatic nitrogens is 4. The van der Waals surface area contributed by atoms with Gasteiger partial charge in [0.2, 0.25) is 0 Å². The average Bonchev–Trinajstić information content (AvgIpc) is 2.81. The molecule has 1 aliphatic heterocycles. The molecule has 35 heavy (non-hydrogen) atoms. The summed E-state index contributed by atoms with van der Waals surface area (Å²) in [6.45, 7) is 0.476. The van der Waals surface area contributed by atoms with Gasteiger partial charge in [-0.3, -0.25) is 9.78 Å². The molecule has 5 N–H and O–H groups in total. The van der Waals surface area contributed by atoms with Crippen molar-refractivity contribution >= 4 is 23.2 Å². The van der Waals surface area contributed by atoms with Crippen molar-refractivity contribution in [1.29, 1.82) is 0 Å². The summed E-state index contributed by atoms with van der Waals surface area (Å²) in [5.74, 6) is -1.60. The molecule has 1 saturated heterocycles.